The molecule has 1 aromatic heterocycles. The number of nitrogens with one attached hydrogen (secondary N) is 1. The maximum absolute atomic E-state index is 5.63. The molecule has 1 aliphatic rings. The normalized spacial score (nSPS) is 23.9. The number of hydrogen-bond donors (Lipinski definition) is 1. The Hall–Kier alpha value is -0.400. The number of benzene rings is 1. The predicted molar refractivity (Wildman–Crippen MR) is 83.4 cm³/mol. The number of H-pyrrole nitrogens is 1. The molecule has 0 bridgehead atoms. The van der Waals surface area contributed by atoms with Crippen molar-refractivity contribution in [3.05, 3.63) is 26.5 Å². The molecule has 0 saturated carbocycles. The van der Waals surface area contributed by atoms with E-state index < -0.39 is 0 Å². The van der Waals surface area contributed by atoms with Gasteiger partial charge in [0, 0.05) is 22.6 Å². The van der Waals surface area contributed by atoms with Crippen molar-refractivity contribution in [2.75, 3.05) is 6.61 Å². The van der Waals surface area contributed by atoms with Gasteiger partial charge in [0.1, 0.15) is 0 Å². The molecule has 0 spiro atoms. The summed E-state index contributed by atoms with van der Waals surface area (Å²) >= 11 is 7.75. The van der Waals surface area contributed by atoms with Crippen molar-refractivity contribution in [1.82, 2.24) is 9.55 Å². The van der Waals surface area contributed by atoms with Crippen LogP contribution in [-0.2, 0) is 11.3 Å². The standard InChI is InChI=1S/C13H15IN2OS/c1-8-9(4-5-17-8)7-16-12-3-2-10(14)6-11(12)15-13(16)18/h2-3,6,8-9H,4-5,7H2,1H3,(H,15,18). The van der Waals surface area contributed by atoms with Crippen LogP contribution in [0.15, 0.2) is 18.2 Å². The summed E-state index contributed by atoms with van der Waals surface area (Å²) in [4.78, 5) is 3.29. The zero-order valence-corrected chi connectivity index (χ0v) is 13.1. The predicted octanol–water partition coefficient (Wildman–Crippen LogP) is 3.73. The van der Waals surface area contributed by atoms with Crippen LogP contribution in [0.2, 0.25) is 0 Å². The van der Waals surface area contributed by atoms with Crippen molar-refractivity contribution >= 4 is 45.8 Å². The number of aromatic nitrogens is 2. The first-order valence-corrected chi connectivity index (χ1v) is 7.63. The Bertz CT molecular complexity index is 633. The van der Waals surface area contributed by atoms with E-state index in [1.807, 2.05) is 0 Å². The van der Waals surface area contributed by atoms with Crippen LogP contribution < -0.4 is 0 Å². The maximum Gasteiger partial charge on any atom is 0.178 e. The number of halogens is 1. The first kappa shape index (κ1) is 12.6. The topological polar surface area (TPSA) is 29.9 Å². The van der Waals surface area contributed by atoms with Gasteiger partial charge in [0.2, 0.25) is 0 Å². The summed E-state index contributed by atoms with van der Waals surface area (Å²) in [6.07, 6.45) is 1.46. The van der Waals surface area contributed by atoms with Gasteiger partial charge in [-0.1, -0.05) is 0 Å². The van der Waals surface area contributed by atoms with Crippen LogP contribution in [0, 0.1) is 14.3 Å². The summed E-state index contributed by atoms with van der Waals surface area (Å²) in [6, 6.07) is 6.40. The Labute approximate surface area is 125 Å². The minimum Gasteiger partial charge on any atom is -0.378 e. The highest BCUT2D eigenvalue weighted by molar-refractivity contribution is 14.1. The summed E-state index contributed by atoms with van der Waals surface area (Å²) in [7, 11) is 0. The zero-order valence-electron chi connectivity index (χ0n) is 10.1. The lowest BCUT2D eigenvalue weighted by atomic mass is 10.0. The van der Waals surface area contributed by atoms with Crippen LogP contribution in [-0.4, -0.2) is 22.3 Å². The summed E-state index contributed by atoms with van der Waals surface area (Å²) in [5.74, 6) is 0.565. The Morgan fingerprint density at radius 2 is 2.39 bits per heavy atom. The van der Waals surface area contributed by atoms with Gasteiger partial charge in [0.05, 0.1) is 17.1 Å². The average molecular weight is 374 g/mol. The Kier molecular flexibility index (Phi) is 3.46. The van der Waals surface area contributed by atoms with Crippen LogP contribution in [0.4, 0.5) is 0 Å². The highest BCUT2D eigenvalue weighted by Crippen LogP contribution is 2.25. The largest absolute Gasteiger partial charge is 0.378 e. The second-order valence-electron chi connectivity index (χ2n) is 4.83. The number of aromatic amines is 1. The van der Waals surface area contributed by atoms with Gasteiger partial charge in [-0.15, -0.1) is 0 Å². The molecule has 5 heteroatoms. The average Bonchev–Trinajstić information content (AvgIpc) is 2.85. The van der Waals surface area contributed by atoms with Crippen LogP contribution in [0.25, 0.3) is 11.0 Å². The van der Waals surface area contributed by atoms with E-state index in [9.17, 15) is 0 Å². The summed E-state index contributed by atoms with van der Waals surface area (Å²) in [6.45, 7) is 3.97. The number of imidazole rings is 1. The number of fused-ring (bicyclic) bond motifs is 1. The lowest BCUT2D eigenvalue weighted by molar-refractivity contribution is 0.102. The van der Waals surface area contributed by atoms with Gasteiger partial charge in [-0.3, -0.25) is 0 Å². The molecular weight excluding hydrogens is 359 g/mol. The molecule has 1 aromatic carbocycles. The lowest BCUT2D eigenvalue weighted by Gasteiger charge is -2.15. The molecule has 2 heterocycles. The second-order valence-corrected chi connectivity index (χ2v) is 6.46. The van der Waals surface area contributed by atoms with Gasteiger partial charge in [0.15, 0.2) is 4.77 Å². The van der Waals surface area contributed by atoms with Crippen LogP contribution in [0.5, 0.6) is 0 Å². The van der Waals surface area contributed by atoms with E-state index in [-0.39, 0.29) is 0 Å². The first-order chi connectivity index (χ1) is 8.65. The molecule has 18 heavy (non-hydrogen) atoms. The maximum atomic E-state index is 5.63. The zero-order chi connectivity index (χ0) is 12.7. The number of rotatable bonds is 2. The van der Waals surface area contributed by atoms with Gasteiger partial charge in [-0.05, 0) is 66.4 Å². The Balaban J connectivity index is 2.01. The summed E-state index contributed by atoms with van der Waals surface area (Å²) in [5, 5.41) is 0. The van der Waals surface area contributed by atoms with Gasteiger partial charge in [0.25, 0.3) is 0 Å². The summed E-state index contributed by atoms with van der Waals surface area (Å²) in [5.41, 5.74) is 2.32. The van der Waals surface area contributed by atoms with E-state index in [1.54, 1.807) is 0 Å². The van der Waals surface area contributed by atoms with Crippen molar-refractivity contribution in [3.63, 3.8) is 0 Å². The van der Waals surface area contributed by atoms with Gasteiger partial charge < -0.3 is 14.3 Å². The first-order valence-electron chi connectivity index (χ1n) is 6.15. The molecule has 1 fully saturated rings. The Morgan fingerprint density at radius 3 is 3.11 bits per heavy atom. The third-order valence-corrected chi connectivity index (χ3v) is 4.68. The van der Waals surface area contributed by atoms with E-state index in [0.29, 0.717) is 12.0 Å². The van der Waals surface area contributed by atoms with E-state index >= 15 is 0 Å². The molecule has 2 unspecified atom stereocenters. The molecule has 0 amide bonds. The molecule has 2 atom stereocenters. The van der Waals surface area contributed by atoms with E-state index in [1.165, 1.54) is 9.09 Å². The molecule has 96 valence electrons. The number of hydrogen-bond acceptors (Lipinski definition) is 2. The van der Waals surface area contributed by atoms with Crippen LogP contribution >= 0.6 is 34.8 Å². The number of ether oxygens (including phenoxy) is 1. The third-order valence-electron chi connectivity index (χ3n) is 3.69. The monoisotopic (exact) mass is 374 g/mol. The molecule has 3 nitrogen and oxygen atoms in total. The molecule has 0 aliphatic carbocycles. The van der Waals surface area contributed by atoms with Crippen molar-refractivity contribution < 1.29 is 4.74 Å². The lowest BCUT2D eigenvalue weighted by Crippen LogP contribution is -2.17. The summed E-state index contributed by atoms with van der Waals surface area (Å²) < 4.78 is 9.87. The highest BCUT2D eigenvalue weighted by atomic mass is 127. The van der Waals surface area contributed by atoms with Gasteiger partial charge >= 0.3 is 0 Å². The third kappa shape index (κ3) is 2.23. The molecular formula is C13H15IN2OS. The second kappa shape index (κ2) is 4.94. The molecule has 0 radical (unpaired) electrons. The fourth-order valence-corrected chi connectivity index (χ4v) is 3.34. The van der Waals surface area contributed by atoms with Crippen LogP contribution in [0.3, 0.4) is 0 Å². The molecule has 1 aliphatic heterocycles. The van der Waals surface area contributed by atoms with E-state index in [4.69, 9.17) is 17.0 Å². The van der Waals surface area contributed by atoms with Crippen molar-refractivity contribution in [2.45, 2.75) is 26.0 Å². The van der Waals surface area contributed by atoms with Gasteiger partial charge in [-0.2, -0.15) is 0 Å². The minimum absolute atomic E-state index is 0.334. The van der Waals surface area contributed by atoms with Crippen molar-refractivity contribution in [1.29, 1.82) is 0 Å². The fraction of sp³-hybridized carbons (Fsp3) is 0.462. The van der Waals surface area contributed by atoms with Crippen molar-refractivity contribution in [2.24, 2.45) is 5.92 Å². The quantitative estimate of drug-likeness (QED) is 0.641. The Morgan fingerprint density at radius 1 is 1.56 bits per heavy atom. The van der Waals surface area contributed by atoms with E-state index in [0.717, 1.165) is 29.9 Å². The minimum atomic E-state index is 0.334. The SMILES string of the molecule is CC1OCCC1Cn1c(=S)[nH]c2cc(I)ccc21. The molecule has 3 rings (SSSR count). The van der Waals surface area contributed by atoms with E-state index in [2.05, 4.69) is 57.3 Å². The van der Waals surface area contributed by atoms with Crippen LogP contribution in [0.1, 0.15) is 13.3 Å². The van der Waals surface area contributed by atoms with Crippen molar-refractivity contribution in [3.8, 4) is 0 Å². The highest BCUT2D eigenvalue weighted by Gasteiger charge is 2.25. The van der Waals surface area contributed by atoms with Gasteiger partial charge in [-0.25, -0.2) is 0 Å². The smallest absolute Gasteiger partial charge is 0.178 e. The number of nitrogens with zero attached hydrogens (tertiary/aromatic N) is 1. The fourth-order valence-electron chi connectivity index (χ4n) is 2.57. The molecule has 2 aromatic rings. The molecule has 1 N–H and O–H groups in total. The molecule has 1 saturated heterocycles.